The number of carbonyl (C=O) groups excluding carboxylic acids is 1. The van der Waals surface area contributed by atoms with E-state index in [4.69, 9.17) is 10.5 Å². The van der Waals surface area contributed by atoms with Crippen molar-refractivity contribution in [1.82, 2.24) is 5.32 Å². The summed E-state index contributed by atoms with van der Waals surface area (Å²) in [4.78, 5) is 12.1. The number of rotatable bonds is 4. The summed E-state index contributed by atoms with van der Waals surface area (Å²) in [5.74, 6) is -1.74. The quantitative estimate of drug-likeness (QED) is 0.886. The van der Waals surface area contributed by atoms with Crippen molar-refractivity contribution in [3.63, 3.8) is 0 Å². The SMILES string of the molecule is CC(CNC(=O)C1(N)CCOCC1)c1ccc(F)cc1F.Cl. The minimum Gasteiger partial charge on any atom is -0.381 e. The molecule has 0 saturated carbocycles. The molecule has 1 amide bonds. The minimum absolute atomic E-state index is 0. The minimum atomic E-state index is -0.917. The van der Waals surface area contributed by atoms with Crippen LogP contribution >= 0.6 is 12.4 Å². The standard InChI is InChI=1S/C15H20F2N2O2.ClH/c1-10(12-3-2-11(16)8-13(12)17)9-19-14(20)15(18)4-6-21-7-5-15;/h2-3,8,10H,4-7,9,18H2,1H3,(H,19,20);1H. The van der Waals surface area contributed by atoms with Gasteiger partial charge in [-0.05, 0) is 24.5 Å². The van der Waals surface area contributed by atoms with Gasteiger partial charge in [-0.25, -0.2) is 8.78 Å². The predicted molar refractivity (Wildman–Crippen MR) is 82.0 cm³/mol. The van der Waals surface area contributed by atoms with E-state index in [1.807, 2.05) is 0 Å². The molecule has 0 bridgehead atoms. The lowest BCUT2D eigenvalue weighted by atomic mass is 9.90. The zero-order valence-electron chi connectivity index (χ0n) is 12.4. The molecule has 124 valence electrons. The maximum absolute atomic E-state index is 13.7. The topological polar surface area (TPSA) is 64.4 Å². The van der Waals surface area contributed by atoms with Gasteiger partial charge in [0.2, 0.25) is 5.91 Å². The zero-order chi connectivity index (χ0) is 15.5. The lowest BCUT2D eigenvalue weighted by Crippen LogP contribution is -2.57. The second-order valence-electron chi connectivity index (χ2n) is 5.55. The number of benzene rings is 1. The molecule has 22 heavy (non-hydrogen) atoms. The van der Waals surface area contributed by atoms with Crippen LogP contribution in [0, 0.1) is 11.6 Å². The highest BCUT2D eigenvalue weighted by molar-refractivity contribution is 5.86. The monoisotopic (exact) mass is 334 g/mol. The second-order valence-corrected chi connectivity index (χ2v) is 5.55. The van der Waals surface area contributed by atoms with Crippen molar-refractivity contribution in [2.45, 2.75) is 31.2 Å². The van der Waals surface area contributed by atoms with Crippen molar-refractivity contribution in [2.75, 3.05) is 19.8 Å². The number of carbonyl (C=O) groups is 1. The Morgan fingerprint density at radius 3 is 2.64 bits per heavy atom. The molecule has 4 nitrogen and oxygen atoms in total. The van der Waals surface area contributed by atoms with Gasteiger partial charge >= 0.3 is 0 Å². The van der Waals surface area contributed by atoms with Crippen LogP contribution in [0.5, 0.6) is 0 Å². The summed E-state index contributed by atoms with van der Waals surface area (Å²) in [5, 5.41) is 2.75. The lowest BCUT2D eigenvalue weighted by molar-refractivity contribution is -0.129. The van der Waals surface area contributed by atoms with Gasteiger partial charge in [0.1, 0.15) is 11.6 Å². The van der Waals surface area contributed by atoms with E-state index in [1.165, 1.54) is 12.1 Å². The molecular weight excluding hydrogens is 314 g/mol. The number of hydrogen-bond acceptors (Lipinski definition) is 3. The summed E-state index contributed by atoms with van der Waals surface area (Å²) in [6.07, 6.45) is 0.941. The molecule has 1 fully saturated rings. The first-order valence-electron chi connectivity index (χ1n) is 7.02. The molecule has 7 heteroatoms. The van der Waals surface area contributed by atoms with Crippen LogP contribution in [-0.4, -0.2) is 31.2 Å². The van der Waals surface area contributed by atoms with Gasteiger partial charge in [0.05, 0.1) is 5.54 Å². The zero-order valence-corrected chi connectivity index (χ0v) is 13.2. The lowest BCUT2D eigenvalue weighted by Gasteiger charge is -2.32. The van der Waals surface area contributed by atoms with Gasteiger partial charge in [0.25, 0.3) is 0 Å². The smallest absolute Gasteiger partial charge is 0.240 e. The molecule has 1 aliphatic rings. The van der Waals surface area contributed by atoms with E-state index in [1.54, 1.807) is 6.92 Å². The summed E-state index contributed by atoms with van der Waals surface area (Å²) >= 11 is 0. The van der Waals surface area contributed by atoms with Crippen LogP contribution in [0.1, 0.15) is 31.2 Å². The first-order valence-corrected chi connectivity index (χ1v) is 7.02. The molecule has 2 rings (SSSR count). The molecule has 0 spiro atoms. The van der Waals surface area contributed by atoms with E-state index in [9.17, 15) is 13.6 Å². The first kappa shape index (κ1) is 18.8. The highest BCUT2D eigenvalue weighted by atomic mass is 35.5. The predicted octanol–water partition coefficient (Wildman–Crippen LogP) is 2.11. The third-order valence-corrected chi connectivity index (χ3v) is 3.90. The molecule has 1 aromatic carbocycles. The van der Waals surface area contributed by atoms with Gasteiger partial charge in [-0.1, -0.05) is 13.0 Å². The van der Waals surface area contributed by atoms with Crippen molar-refractivity contribution in [3.8, 4) is 0 Å². The molecule has 0 aliphatic carbocycles. The molecular formula is C15H21ClF2N2O2. The van der Waals surface area contributed by atoms with Crippen molar-refractivity contribution < 1.29 is 18.3 Å². The van der Waals surface area contributed by atoms with Crippen LogP contribution in [0.3, 0.4) is 0 Å². The Morgan fingerprint density at radius 1 is 1.41 bits per heavy atom. The molecule has 1 atom stereocenters. The fraction of sp³-hybridized carbons (Fsp3) is 0.533. The average Bonchev–Trinajstić information content (AvgIpc) is 2.45. The highest BCUT2D eigenvalue weighted by Crippen LogP contribution is 2.21. The fourth-order valence-corrected chi connectivity index (χ4v) is 2.40. The summed E-state index contributed by atoms with van der Waals surface area (Å²) in [6, 6.07) is 3.45. The van der Waals surface area contributed by atoms with Gasteiger partial charge in [-0.2, -0.15) is 0 Å². The van der Waals surface area contributed by atoms with Gasteiger partial charge < -0.3 is 15.8 Å². The highest BCUT2D eigenvalue weighted by Gasteiger charge is 2.35. The van der Waals surface area contributed by atoms with Crippen LogP contribution in [-0.2, 0) is 9.53 Å². The number of nitrogens with one attached hydrogen (secondary N) is 1. The Bertz CT molecular complexity index is 522. The molecule has 1 saturated heterocycles. The molecule has 3 N–H and O–H groups in total. The van der Waals surface area contributed by atoms with Gasteiger partial charge in [0, 0.05) is 31.7 Å². The Morgan fingerprint density at radius 2 is 2.05 bits per heavy atom. The van der Waals surface area contributed by atoms with Gasteiger partial charge in [-0.15, -0.1) is 12.4 Å². The number of nitrogens with two attached hydrogens (primary N) is 1. The second kappa shape index (κ2) is 7.85. The largest absolute Gasteiger partial charge is 0.381 e. The van der Waals surface area contributed by atoms with Gasteiger partial charge in [0.15, 0.2) is 0 Å². The van der Waals surface area contributed by atoms with Crippen molar-refractivity contribution in [3.05, 3.63) is 35.4 Å². The van der Waals surface area contributed by atoms with Gasteiger partial charge in [-0.3, -0.25) is 4.79 Å². The molecule has 1 unspecified atom stereocenters. The normalized spacial score (nSPS) is 18.2. The van der Waals surface area contributed by atoms with Crippen LogP contribution in [0.15, 0.2) is 18.2 Å². The number of halogens is 3. The van der Waals surface area contributed by atoms with E-state index >= 15 is 0 Å². The average molecular weight is 335 g/mol. The van der Waals surface area contributed by atoms with E-state index < -0.39 is 17.2 Å². The molecule has 0 aromatic heterocycles. The Labute approximate surface area is 134 Å². The summed E-state index contributed by atoms with van der Waals surface area (Å²) in [6.45, 7) is 2.95. The first-order chi connectivity index (χ1) is 9.92. The van der Waals surface area contributed by atoms with E-state index in [0.717, 1.165) is 6.07 Å². The number of amides is 1. The maximum atomic E-state index is 13.7. The third-order valence-electron chi connectivity index (χ3n) is 3.90. The Balaban J connectivity index is 0.00000242. The van der Waals surface area contributed by atoms with Crippen molar-refractivity contribution in [2.24, 2.45) is 5.73 Å². The summed E-state index contributed by atoms with van der Waals surface area (Å²) < 4.78 is 31.7. The molecule has 0 radical (unpaired) electrons. The van der Waals surface area contributed by atoms with Crippen LogP contribution in [0.2, 0.25) is 0 Å². The Kier molecular flexibility index (Phi) is 6.71. The molecule has 1 aromatic rings. The van der Waals surface area contributed by atoms with E-state index in [0.29, 0.717) is 31.6 Å². The summed E-state index contributed by atoms with van der Waals surface area (Å²) in [5.41, 5.74) is 5.51. The molecule has 1 heterocycles. The van der Waals surface area contributed by atoms with Crippen LogP contribution in [0.4, 0.5) is 8.78 Å². The van der Waals surface area contributed by atoms with Crippen LogP contribution < -0.4 is 11.1 Å². The van der Waals surface area contributed by atoms with E-state index in [-0.39, 0.29) is 30.8 Å². The number of hydrogen-bond donors (Lipinski definition) is 2. The Hall–Kier alpha value is -1.24. The van der Waals surface area contributed by atoms with Crippen molar-refractivity contribution in [1.29, 1.82) is 0 Å². The van der Waals surface area contributed by atoms with Crippen LogP contribution in [0.25, 0.3) is 0 Å². The maximum Gasteiger partial charge on any atom is 0.240 e. The third kappa shape index (κ3) is 4.38. The van der Waals surface area contributed by atoms with Crippen molar-refractivity contribution >= 4 is 18.3 Å². The molecule has 1 aliphatic heterocycles. The fourth-order valence-electron chi connectivity index (χ4n) is 2.40. The summed E-state index contributed by atoms with van der Waals surface area (Å²) in [7, 11) is 0. The van der Waals surface area contributed by atoms with E-state index in [2.05, 4.69) is 5.32 Å². The number of ether oxygens (including phenoxy) is 1.